The Labute approximate surface area is 114 Å². The van der Waals surface area contributed by atoms with Gasteiger partial charge in [-0.1, -0.05) is 37.6 Å². The molecule has 3 N–H and O–H groups in total. The van der Waals surface area contributed by atoms with E-state index in [1.807, 2.05) is 6.92 Å². The number of benzene rings is 1. The monoisotopic (exact) mass is 272 g/mol. The zero-order chi connectivity index (χ0) is 13.5. The van der Waals surface area contributed by atoms with Gasteiger partial charge in [-0.3, -0.25) is 0 Å². The first kappa shape index (κ1) is 15.4. The van der Waals surface area contributed by atoms with Crippen molar-refractivity contribution in [2.24, 2.45) is 5.73 Å². The molecule has 2 atom stereocenters. The summed E-state index contributed by atoms with van der Waals surface area (Å²) in [7, 11) is 0. The van der Waals surface area contributed by atoms with Crippen LogP contribution in [0.2, 0.25) is 5.02 Å². The predicted octanol–water partition coefficient (Wildman–Crippen LogP) is 3.30. The number of hydrogen-bond donors (Lipinski definition) is 2. The lowest BCUT2D eigenvalue weighted by molar-refractivity contribution is 0.417. The summed E-state index contributed by atoms with van der Waals surface area (Å²) in [6, 6.07) is 5.25. The standard InChI is InChI=1S/C14H22ClFN2/c1-3-8-18-13(9-17)10(4-2)11-6-5-7-12(15)14(11)16/h5-7,10,13,18H,3-4,8-9,17H2,1-2H3. The molecule has 0 radical (unpaired) electrons. The first-order valence-electron chi connectivity index (χ1n) is 6.53. The Morgan fingerprint density at radius 2 is 2.11 bits per heavy atom. The Hall–Kier alpha value is -0.640. The smallest absolute Gasteiger partial charge is 0.145 e. The zero-order valence-electron chi connectivity index (χ0n) is 11.0. The maximum absolute atomic E-state index is 14.1. The number of nitrogens with two attached hydrogens (primary N) is 1. The molecular formula is C14H22ClFN2. The fraction of sp³-hybridized carbons (Fsp3) is 0.571. The minimum atomic E-state index is -0.317. The molecule has 0 aliphatic rings. The van der Waals surface area contributed by atoms with Crippen molar-refractivity contribution in [3.05, 3.63) is 34.6 Å². The molecule has 0 fully saturated rings. The van der Waals surface area contributed by atoms with E-state index in [1.165, 1.54) is 0 Å². The molecule has 0 amide bonds. The van der Waals surface area contributed by atoms with Gasteiger partial charge in [-0.2, -0.15) is 0 Å². The van der Waals surface area contributed by atoms with Crippen LogP contribution < -0.4 is 11.1 Å². The highest BCUT2D eigenvalue weighted by Crippen LogP contribution is 2.29. The zero-order valence-corrected chi connectivity index (χ0v) is 11.8. The number of hydrogen-bond acceptors (Lipinski definition) is 2. The van der Waals surface area contributed by atoms with Crippen LogP contribution in [0.25, 0.3) is 0 Å². The van der Waals surface area contributed by atoms with Crippen LogP contribution >= 0.6 is 11.6 Å². The summed E-state index contributed by atoms with van der Waals surface area (Å²) in [6.45, 7) is 5.52. The van der Waals surface area contributed by atoms with Gasteiger partial charge in [0.15, 0.2) is 0 Å². The van der Waals surface area contributed by atoms with Crippen LogP contribution in [0.15, 0.2) is 18.2 Å². The van der Waals surface area contributed by atoms with Crippen LogP contribution in [0.1, 0.15) is 38.2 Å². The minimum Gasteiger partial charge on any atom is -0.329 e. The quantitative estimate of drug-likeness (QED) is 0.799. The van der Waals surface area contributed by atoms with Gasteiger partial charge in [-0.25, -0.2) is 4.39 Å². The first-order valence-corrected chi connectivity index (χ1v) is 6.90. The largest absolute Gasteiger partial charge is 0.329 e. The lowest BCUT2D eigenvalue weighted by atomic mass is 9.88. The van der Waals surface area contributed by atoms with Crippen molar-refractivity contribution in [1.29, 1.82) is 0 Å². The predicted molar refractivity (Wildman–Crippen MR) is 75.6 cm³/mol. The van der Waals surface area contributed by atoms with Gasteiger partial charge >= 0.3 is 0 Å². The summed E-state index contributed by atoms with van der Waals surface area (Å²) in [4.78, 5) is 0. The molecule has 18 heavy (non-hydrogen) atoms. The van der Waals surface area contributed by atoms with E-state index in [-0.39, 0.29) is 22.8 Å². The van der Waals surface area contributed by atoms with Gasteiger partial charge in [0.2, 0.25) is 0 Å². The number of rotatable bonds is 7. The van der Waals surface area contributed by atoms with Crippen LogP contribution in [0, 0.1) is 5.82 Å². The van der Waals surface area contributed by atoms with Crippen LogP contribution in [0.4, 0.5) is 4.39 Å². The van der Waals surface area contributed by atoms with Crippen molar-refractivity contribution < 1.29 is 4.39 Å². The maximum Gasteiger partial charge on any atom is 0.145 e. The van der Waals surface area contributed by atoms with Gasteiger partial charge < -0.3 is 11.1 Å². The lowest BCUT2D eigenvalue weighted by Crippen LogP contribution is -2.41. The minimum absolute atomic E-state index is 0.0558. The fourth-order valence-corrected chi connectivity index (χ4v) is 2.43. The summed E-state index contributed by atoms with van der Waals surface area (Å²) in [6.07, 6.45) is 1.86. The Kier molecular flexibility index (Phi) is 6.61. The third kappa shape index (κ3) is 3.67. The average molecular weight is 273 g/mol. The van der Waals surface area contributed by atoms with Gasteiger partial charge in [0, 0.05) is 18.5 Å². The molecule has 0 saturated carbocycles. The van der Waals surface area contributed by atoms with Crippen molar-refractivity contribution in [2.75, 3.05) is 13.1 Å². The molecule has 102 valence electrons. The molecule has 2 unspecified atom stereocenters. The first-order chi connectivity index (χ1) is 8.65. The van der Waals surface area contributed by atoms with Gasteiger partial charge in [0.25, 0.3) is 0 Å². The summed E-state index contributed by atoms with van der Waals surface area (Å²) in [5, 5.41) is 3.56. The Morgan fingerprint density at radius 1 is 1.39 bits per heavy atom. The molecule has 0 aromatic heterocycles. The summed E-state index contributed by atoms with van der Waals surface area (Å²) in [5.41, 5.74) is 6.45. The van der Waals surface area contributed by atoms with Gasteiger partial charge in [-0.05, 0) is 31.0 Å². The summed E-state index contributed by atoms with van der Waals surface area (Å²) in [5.74, 6) is -0.261. The van der Waals surface area contributed by atoms with Crippen molar-refractivity contribution in [3.8, 4) is 0 Å². The van der Waals surface area contributed by atoms with Crippen LogP contribution in [0.5, 0.6) is 0 Å². The molecule has 1 aromatic carbocycles. The van der Waals surface area contributed by atoms with Crippen LogP contribution in [-0.4, -0.2) is 19.1 Å². The molecule has 0 bridgehead atoms. The molecule has 4 heteroatoms. The van der Waals surface area contributed by atoms with Crippen molar-refractivity contribution in [3.63, 3.8) is 0 Å². The second kappa shape index (κ2) is 7.72. The van der Waals surface area contributed by atoms with Gasteiger partial charge in [-0.15, -0.1) is 0 Å². The fourth-order valence-electron chi connectivity index (χ4n) is 2.25. The molecule has 0 aliphatic heterocycles. The van der Waals surface area contributed by atoms with Gasteiger partial charge in [0.05, 0.1) is 5.02 Å². The third-order valence-electron chi connectivity index (χ3n) is 3.22. The summed E-state index contributed by atoms with van der Waals surface area (Å²) < 4.78 is 14.1. The van der Waals surface area contributed by atoms with Crippen molar-refractivity contribution >= 4 is 11.6 Å². The van der Waals surface area contributed by atoms with Crippen LogP contribution in [0.3, 0.4) is 0 Å². The van der Waals surface area contributed by atoms with E-state index in [0.717, 1.165) is 19.4 Å². The Bertz CT molecular complexity index is 371. The van der Waals surface area contributed by atoms with E-state index < -0.39 is 0 Å². The van der Waals surface area contributed by atoms with E-state index in [4.69, 9.17) is 17.3 Å². The Balaban J connectivity index is 2.96. The van der Waals surface area contributed by atoms with E-state index in [9.17, 15) is 4.39 Å². The molecule has 0 aliphatic carbocycles. The highest BCUT2D eigenvalue weighted by Gasteiger charge is 2.23. The van der Waals surface area contributed by atoms with E-state index >= 15 is 0 Å². The molecule has 0 heterocycles. The molecule has 0 saturated heterocycles. The Morgan fingerprint density at radius 3 is 2.67 bits per heavy atom. The SMILES string of the molecule is CCCNC(CN)C(CC)c1cccc(Cl)c1F. The lowest BCUT2D eigenvalue weighted by Gasteiger charge is -2.27. The second-order valence-corrected chi connectivity index (χ2v) is 4.86. The summed E-state index contributed by atoms with van der Waals surface area (Å²) >= 11 is 5.84. The van der Waals surface area contributed by atoms with E-state index in [1.54, 1.807) is 18.2 Å². The molecule has 1 aromatic rings. The topological polar surface area (TPSA) is 38.0 Å². The average Bonchev–Trinajstić information content (AvgIpc) is 2.38. The second-order valence-electron chi connectivity index (χ2n) is 4.45. The maximum atomic E-state index is 14.1. The van der Waals surface area contributed by atoms with Gasteiger partial charge in [0.1, 0.15) is 5.82 Å². The highest BCUT2D eigenvalue weighted by molar-refractivity contribution is 6.30. The van der Waals surface area contributed by atoms with E-state index in [2.05, 4.69) is 12.2 Å². The molecule has 0 spiro atoms. The molecule has 1 rings (SSSR count). The molecule has 2 nitrogen and oxygen atoms in total. The molecular weight excluding hydrogens is 251 g/mol. The normalized spacial score (nSPS) is 14.5. The number of halogens is 2. The van der Waals surface area contributed by atoms with E-state index in [0.29, 0.717) is 12.1 Å². The number of nitrogens with one attached hydrogen (secondary N) is 1. The van der Waals surface area contributed by atoms with Crippen molar-refractivity contribution in [1.82, 2.24) is 5.32 Å². The highest BCUT2D eigenvalue weighted by atomic mass is 35.5. The third-order valence-corrected chi connectivity index (χ3v) is 3.51. The van der Waals surface area contributed by atoms with Crippen LogP contribution in [-0.2, 0) is 0 Å². The van der Waals surface area contributed by atoms with Crippen molar-refractivity contribution in [2.45, 2.75) is 38.6 Å².